The van der Waals surface area contributed by atoms with Crippen LogP contribution in [0.15, 0.2) is 0 Å². The monoisotopic (exact) mass is 255 g/mol. The second kappa shape index (κ2) is 7.13. The first-order chi connectivity index (χ1) is 8.50. The summed E-state index contributed by atoms with van der Waals surface area (Å²) in [6.45, 7) is 11.2. The summed E-state index contributed by atoms with van der Waals surface area (Å²) in [7, 11) is 0. The predicted octanol–water partition coefficient (Wildman–Crippen LogP) is 3.23. The maximum atomic E-state index is 11.8. The van der Waals surface area contributed by atoms with E-state index in [1.165, 1.54) is 25.7 Å². The first kappa shape index (κ1) is 15.5. The Bertz CT molecular complexity index is 257. The largest absolute Gasteiger partial charge is 0.466 e. The summed E-state index contributed by atoms with van der Waals surface area (Å²) < 4.78 is 5.14. The van der Waals surface area contributed by atoms with E-state index in [4.69, 9.17) is 4.74 Å². The van der Waals surface area contributed by atoms with Gasteiger partial charge in [0.05, 0.1) is 13.0 Å². The third-order valence-electron chi connectivity index (χ3n) is 4.38. The minimum absolute atomic E-state index is 0.0575. The molecule has 1 atom stereocenters. The Morgan fingerprint density at radius 1 is 1.22 bits per heavy atom. The molecule has 0 aromatic heterocycles. The van der Waals surface area contributed by atoms with Gasteiger partial charge >= 0.3 is 5.97 Å². The lowest BCUT2D eigenvalue weighted by atomic mass is 9.83. The van der Waals surface area contributed by atoms with Crippen LogP contribution >= 0.6 is 0 Å². The Hall–Kier alpha value is -0.570. The molecule has 0 aromatic rings. The van der Waals surface area contributed by atoms with E-state index in [0.717, 1.165) is 13.1 Å². The fourth-order valence-electron chi connectivity index (χ4n) is 2.77. The van der Waals surface area contributed by atoms with Gasteiger partial charge in [0.2, 0.25) is 0 Å². The minimum Gasteiger partial charge on any atom is -0.466 e. The third-order valence-corrected chi connectivity index (χ3v) is 4.38. The molecular formula is C15H29NO2. The van der Waals surface area contributed by atoms with Crippen LogP contribution in [0.4, 0.5) is 0 Å². The van der Waals surface area contributed by atoms with Crippen LogP contribution in [-0.4, -0.2) is 36.1 Å². The Kier molecular flexibility index (Phi) is 6.13. The number of nitrogens with zero attached hydrogens (tertiary/aromatic N) is 1. The van der Waals surface area contributed by atoms with Gasteiger partial charge in [0, 0.05) is 5.54 Å². The zero-order valence-corrected chi connectivity index (χ0v) is 12.5. The van der Waals surface area contributed by atoms with E-state index in [1.807, 2.05) is 6.92 Å². The summed E-state index contributed by atoms with van der Waals surface area (Å²) in [5, 5.41) is 0. The van der Waals surface area contributed by atoms with Gasteiger partial charge in [0.25, 0.3) is 0 Å². The summed E-state index contributed by atoms with van der Waals surface area (Å²) in [5.74, 6) is 0.401. The van der Waals surface area contributed by atoms with Gasteiger partial charge in [-0.25, -0.2) is 0 Å². The number of ether oxygens (including phenoxy) is 1. The van der Waals surface area contributed by atoms with Crippen LogP contribution < -0.4 is 0 Å². The Morgan fingerprint density at radius 2 is 1.78 bits per heavy atom. The van der Waals surface area contributed by atoms with Crippen LogP contribution in [0, 0.1) is 5.92 Å². The van der Waals surface area contributed by atoms with Gasteiger partial charge in [-0.3, -0.25) is 9.69 Å². The van der Waals surface area contributed by atoms with Crippen molar-refractivity contribution in [3.63, 3.8) is 0 Å². The maximum Gasteiger partial charge on any atom is 0.307 e. The normalized spacial score (nSPS) is 21.4. The van der Waals surface area contributed by atoms with Crippen LogP contribution in [0.2, 0.25) is 0 Å². The highest BCUT2D eigenvalue weighted by Gasteiger charge is 2.37. The SMILES string of the molecule is CCOC(=O)CC(C)(C(C)C)N1CCCCCC1. The molecule has 0 spiro atoms. The van der Waals surface area contributed by atoms with Crippen molar-refractivity contribution in [3.05, 3.63) is 0 Å². The molecule has 1 heterocycles. The number of rotatable bonds is 5. The lowest BCUT2D eigenvalue weighted by Gasteiger charge is -2.43. The first-order valence-corrected chi connectivity index (χ1v) is 7.41. The van der Waals surface area contributed by atoms with Crippen LogP contribution in [-0.2, 0) is 9.53 Å². The van der Waals surface area contributed by atoms with E-state index in [9.17, 15) is 4.79 Å². The van der Waals surface area contributed by atoms with E-state index in [-0.39, 0.29) is 11.5 Å². The van der Waals surface area contributed by atoms with Gasteiger partial charge in [-0.15, -0.1) is 0 Å². The number of likely N-dealkylation sites (tertiary alicyclic amines) is 1. The van der Waals surface area contributed by atoms with Gasteiger partial charge in [-0.05, 0) is 45.7 Å². The molecule has 0 saturated carbocycles. The first-order valence-electron chi connectivity index (χ1n) is 7.41. The van der Waals surface area contributed by atoms with Crippen molar-refractivity contribution in [2.75, 3.05) is 19.7 Å². The van der Waals surface area contributed by atoms with Crippen molar-refractivity contribution < 1.29 is 9.53 Å². The Morgan fingerprint density at radius 3 is 2.22 bits per heavy atom. The quantitative estimate of drug-likeness (QED) is 0.706. The summed E-state index contributed by atoms with van der Waals surface area (Å²) in [4.78, 5) is 14.4. The van der Waals surface area contributed by atoms with Crippen molar-refractivity contribution >= 4 is 5.97 Å². The average molecular weight is 255 g/mol. The fraction of sp³-hybridized carbons (Fsp3) is 0.933. The molecule has 18 heavy (non-hydrogen) atoms. The Labute approximate surface area is 112 Å². The third kappa shape index (κ3) is 3.98. The predicted molar refractivity (Wildman–Crippen MR) is 74.5 cm³/mol. The molecule has 1 aliphatic heterocycles. The second-order valence-corrected chi connectivity index (χ2v) is 5.89. The topological polar surface area (TPSA) is 29.5 Å². The van der Waals surface area contributed by atoms with E-state index in [2.05, 4.69) is 25.7 Å². The lowest BCUT2D eigenvalue weighted by Crippen LogP contribution is -2.52. The van der Waals surface area contributed by atoms with Gasteiger partial charge < -0.3 is 4.74 Å². The number of hydrogen-bond acceptors (Lipinski definition) is 3. The Balaban J connectivity index is 2.74. The van der Waals surface area contributed by atoms with E-state index < -0.39 is 0 Å². The highest BCUT2D eigenvalue weighted by Crippen LogP contribution is 2.31. The fourth-order valence-corrected chi connectivity index (χ4v) is 2.77. The number of carbonyl (C=O) groups is 1. The molecule has 0 N–H and O–H groups in total. The van der Waals surface area contributed by atoms with Crippen molar-refractivity contribution in [3.8, 4) is 0 Å². The molecule has 0 aromatic carbocycles. The van der Waals surface area contributed by atoms with Crippen molar-refractivity contribution in [1.29, 1.82) is 0 Å². The molecule has 0 amide bonds. The van der Waals surface area contributed by atoms with E-state index >= 15 is 0 Å². The number of hydrogen-bond donors (Lipinski definition) is 0. The highest BCUT2D eigenvalue weighted by molar-refractivity contribution is 5.70. The number of esters is 1. The summed E-state index contributed by atoms with van der Waals surface area (Å²) in [6.07, 6.45) is 5.67. The summed E-state index contributed by atoms with van der Waals surface area (Å²) in [6, 6.07) is 0. The molecular weight excluding hydrogens is 226 g/mol. The minimum atomic E-state index is -0.0589. The van der Waals surface area contributed by atoms with E-state index in [0.29, 0.717) is 18.9 Å². The maximum absolute atomic E-state index is 11.8. The van der Waals surface area contributed by atoms with Gasteiger partial charge in [0.15, 0.2) is 0 Å². The molecule has 0 aliphatic carbocycles. The zero-order chi connectivity index (χ0) is 13.6. The van der Waals surface area contributed by atoms with Gasteiger partial charge in [-0.2, -0.15) is 0 Å². The summed E-state index contributed by atoms with van der Waals surface area (Å²) >= 11 is 0. The molecule has 0 radical (unpaired) electrons. The van der Waals surface area contributed by atoms with Gasteiger partial charge in [0.1, 0.15) is 0 Å². The molecule has 1 aliphatic rings. The molecule has 3 nitrogen and oxygen atoms in total. The van der Waals surface area contributed by atoms with Crippen molar-refractivity contribution in [2.45, 2.75) is 65.3 Å². The van der Waals surface area contributed by atoms with Gasteiger partial charge in [-0.1, -0.05) is 26.7 Å². The molecule has 1 rings (SSSR count). The molecule has 1 unspecified atom stereocenters. The lowest BCUT2D eigenvalue weighted by molar-refractivity contribution is -0.147. The van der Waals surface area contributed by atoms with E-state index in [1.54, 1.807) is 0 Å². The standard InChI is InChI=1S/C15H29NO2/c1-5-18-14(17)12-15(4,13(2)3)16-10-8-6-7-9-11-16/h13H,5-12H2,1-4H3. The zero-order valence-electron chi connectivity index (χ0n) is 12.5. The van der Waals surface area contributed by atoms with Crippen LogP contribution in [0.25, 0.3) is 0 Å². The van der Waals surface area contributed by atoms with Crippen LogP contribution in [0.3, 0.4) is 0 Å². The highest BCUT2D eigenvalue weighted by atomic mass is 16.5. The number of carbonyl (C=O) groups excluding carboxylic acids is 1. The molecule has 3 heteroatoms. The van der Waals surface area contributed by atoms with Crippen LogP contribution in [0.5, 0.6) is 0 Å². The average Bonchev–Trinajstić information content (AvgIpc) is 2.57. The summed E-state index contributed by atoms with van der Waals surface area (Å²) in [5.41, 5.74) is -0.0589. The molecule has 1 saturated heterocycles. The van der Waals surface area contributed by atoms with Crippen molar-refractivity contribution in [1.82, 2.24) is 4.90 Å². The second-order valence-electron chi connectivity index (χ2n) is 5.89. The molecule has 106 valence electrons. The van der Waals surface area contributed by atoms with Crippen LogP contribution in [0.1, 0.15) is 59.8 Å². The molecule has 1 fully saturated rings. The molecule has 0 bridgehead atoms. The van der Waals surface area contributed by atoms with Crippen molar-refractivity contribution in [2.24, 2.45) is 5.92 Å². The smallest absolute Gasteiger partial charge is 0.307 e.